The summed E-state index contributed by atoms with van der Waals surface area (Å²) >= 11 is 0. The molecule has 100 valence electrons. The number of carbonyl (C=O) groups is 1. The zero-order valence-electron chi connectivity index (χ0n) is 10.4. The number of halogens is 1. The van der Waals surface area contributed by atoms with Gasteiger partial charge in [-0.25, -0.2) is 4.39 Å². The first-order valence-electron chi connectivity index (χ1n) is 5.84. The van der Waals surface area contributed by atoms with Crippen molar-refractivity contribution in [2.24, 2.45) is 5.73 Å². The molecule has 1 aromatic carbocycles. The molecule has 0 aromatic heterocycles. The van der Waals surface area contributed by atoms with Gasteiger partial charge in [0.1, 0.15) is 13.0 Å². The summed E-state index contributed by atoms with van der Waals surface area (Å²) in [6.45, 7) is -0.0294. The van der Waals surface area contributed by atoms with E-state index in [-0.39, 0.29) is 0 Å². The second-order valence-electron chi connectivity index (χ2n) is 3.98. The van der Waals surface area contributed by atoms with Crippen LogP contribution in [0.4, 0.5) is 10.1 Å². The van der Waals surface area contributed by atoms with Crippen molar-refractivity contribution in [3.8, 4) is 0 Å². The molecule has 0 radical (unpaired) electrons. The molecular formula is C13H19FN2O2. The second kappa shape index (κ2) is 7.79. The Hall–Kier alpha value is -1.46. The largest absolute Gasteiger partial charge is 0.385 e. The fourth-order valence-corrected chi connectivity index (χ4v) is 1.71. The minimum Gasteiger partial charge on any atom is -0.385 e. The van der Waals surface area contributed by atoms with Crippen LogP contribution in [0.5, 0.6) is 0 Å². The Labute approximate surface area is 106 Å². The topological polar surface area (TPSA) is 64.3 Å². The molecule has 1 rings (SSSR count). The average Bonchev–Trinajstić information content (AvgIpc) is 2.41. The SMILES string of the molecule is COC(c1ccc(NCCC=O)cc1)C(N)CF. The van der Waals surface area contributed by atoms with Gasteiger partial charge in [0.05, 0.1) is 12.1 Å². The lowest BCUT2D eigenvalue weighted by Gasteiger charge is -2.20. The van der Waals surface area contributed by atoms with Gasteiger partial charge < -0.3 is 20.6 Å². The van der Waals surface area contributed by atoms with E-state index in [9.17, 15) is 9.18 Å². The molecule has 2 unspecified atom stereocenters. The monoisotopic (exact) mass is 254 g/mol. The Morgan fingerprint density at radius 1 is 1.44 bits per heavy atom. The van der Waals surface area contributed by atoms with E-state index in [1.54, 1.807) is 0 Å². The Bertz CT molecular complexity index is 357. The number of rotatable bonds is 8. The average molecular weight is 254 g/mol. The third-order valence-electron chi connectivity index (χ3n) is 2.65. The van der Waals surface area contributed by atoms with Gasteiger partial charge in [-0.1, -0.05) is 12.1 Å². The summed E-state index contributed by atoms with van der Waals surface area (Å²) in [5, 5.41) is 3.10. The number of alkyl halides is 1. The first kappa shape index (κ1) is 14.6. The quantitative estimate of drug-likeness (QED) is 0.547. The zero-order chi connectivity index (χ0) is 13.4. The molecule has 0 aliphatic rings. The van der Waals surface area contributed by atoms with Crippen LogP contribution in [0, 0.1) is 0 Å². The standard InChI is InChI=1S/C13H19FN2O2/c1-18-13(12(15)9-14)10-3-5-11(6-4-10)16-7-2-8-17/h3-6,8,12-13,16H,2,7,9,15H2,1H3. The maximum absolute atomic E-state index is 12.5. The van der Waals surface area contributed by atoms with Crippen LogP contribution >= 0.6 is 0 Å². The van der Waals surface area contributed by atoms with Gasteiger partial charge >= 0.3 is 0 Å². The predicted octanol–water partition coefficient (Wildman–Crippen LogP) is 1.67. The number of nitrogens with one attached hydrogen (secondary N) is 1. The summed E-state index contributed by atoms with van der Waals surface area (Å²) in [5.41, 5.74) is 7.38. The van der Waals surface area contributed by atoms with Crippen molar-refractivity contribution in [2.75, 3.05) is 25.6 Å². The summed E-state index contributed by atoms with van der Waals surface area (Å²) in [6, 6.07) is 6.73. The Balaban J connectivity index is 2.65. The zero-order valence-corrected chi connectivity index (χ0v) is 10.4. The van der Waals surface area contributed by atoms with Crippen LogP contribution < -0.4 is 11.1 Å². The molecule has 2 atom stereocenters. The van der Waals surface area contributed by atoms with Gasteiger partial charge in [-0.15, -0.1) is 0 Å². The van der Waals surface area contributed by atoms with Crippen molar-refractivity contribution in [3.63, 3.8) is 0 Å². The Morgan fingerprint density at radius 3 is 2.61 bits per heavy atom. The van der Waals surface area contributed by atoms with Crippen LogP contribution in [-0.4, -0.2) is 32.7 Å². The molecule has 3 N–H and O–H groups in total. The lowest BCUT2D eigenvalue weighted by atomic mass is 10.0. The number of carbonyl (C=O) groups excluding carboxylic acids is 1. The van der Waals surface area contributed by atoms with Crippen LogP contribution in [0.3, 0.4) is 0 Å². The van der Waals surface area contributed by atoms with Crippen LogP contribution in [0.1, 0.15) is 18.1 Å². The highest BCUT2D eigenvalue weighted by molar-refractivity contribution is 5.52. The van der Waals surface area contributed by atoms with Gasteiger partial charge in [-0.2, -0.15) is 0 Å². The molecule has 18 heavy (non-hydrogen) atoms. The molecular weight excluding hydrogens is 235 g/mol. The van der Waals surface area contributed by atoms with Gasteiger partial charge in [0.2, 0.25) is 0 Å². The molecule has 0 spiro atoms. The first-order chi connectivity index (χ1) is 8.72. The van der Waals surface area contributed by atoms with E-state index >= 15 is 0 Å². The van der Waals surface area contributed by atoms with Crippen molar-refractivity contribution in [1.29, 1.82) is 0 Å². The molecule has 0 bridgehead atoms. The number of anilines is 1. The molecule has 0 aliphatic carbocycles. The van der Waals surface area contributed by atoms with E-state index in [1.165, 1.54) is 7.11 Å². The Morgan fingerprint density at radius 2 is 2.11 bits per heavy atom. The van der Waals surface area contributed by atoms with E-state index in [0.717, 1.165) is 17.5 Å². The van der Waals surface area contributed by atoms with Crippen molar-refractivity contribution >= 4 is 12.0 Å². The van der Waals surface area contributed by atoms with Gasteiger partial charge in [0, 0.05) is 25.8 Å². The van der Waals surface area contributed by atoms with E-state index in [0.29, 0.717) is 13.0 Å². The van der Waals surface area contributed by atoms with E-state index in [1.807, 2.05) is 24.3 Å². The predicted molar refractivity (Wildman–Crippen MR) is 69.3 cm³/mol. The maximum atomic E-state index is 12.5. The third-order valence-corrected chi connectivity index (χ3v) is 2.65. The minimum absolute atomic E-state index is 0.445. The number of aldehydes is 1. The molecule has 0 fully saturated rings. The van der Waals surface area contributed by atoms with Crippen molar-refractivity contribution in [1.82, 2.24) is 0 Å². The number of nitrogens with two attached hydrogens (primary N) is 1. The van der Waals surface area contributed by atoms with E-state index < -0.39 is 18.8 Å². The van der Waals surface area contributed by atoms with Crippen LogP contribution in [-0.2, 0) is 9.53 Å². The van der Waals surface area contributed by atoms with Crippen LogP contribution in [0.25, 0.3) is 0 Å². The Kier molecular flexibility index (Phi) is 6.32. The molecule has 0 saturated carbocycles. The number of methoxy groups -OCH3 is 1. The summed E-state index contributed by atoms with van der Waals surface area (Å²) in [7, 11) is 1.51. The van der Waals surface area contributed by atoms with E-state index in [4.69, 9.17) is 10.5 Å². The second-order valence-corrected chi connectivity index (χ2v) is 3.98. The number of benzene rings is 1. The van der Waals surface area contributed by atoms with E-state index in [2.05, 4.69) is 5.32 Å². The number of hydrogen-bond donors (Lipinski definition) is 2. The van der Waals surface area contributed by atoms with Crippen molar-refractivity contribution in [2.45, 2.75) is 18.6 Å². The summed E-state index contributed by atoms with van der Waals surface area (Å²) in [5.74, 6) is 0. The molecule has 5 heteroatoms. The molecule has 0 aliphatic heterocycles. The number of ether oxygens (including phenoxy) is 1. The third kappa shape index (κ3) is 4.09. The fraction of sp³-hybridized carbons (Fsp3) is 0.462. The van der Waals surface area contributed by atoms with Gasteiger partial charge in [-0.05, 0) is 17.7 Å². The van der Waals surface area contributed by atoms with Crippen molar-refractivity contribution < 1.29 is 13.9 Å². The van der Waals surface area contributed by atoms with Gasteiger partial charge in [0.15, 0.2) is 0 Å². The van der Waals surface area contributed by atoms with Crippen LogP contribution in [0.15, 0.2) is 24.3 Å². The maximum Gasteiger partial charge on any atom is 0.121 e. The normalized spacial score (nSPS) is 13.9. The molecule has 4 nitrogen and oxygen atoms in total. The molecule has 0 amide bonds. The first-order valence-corrected chi connectivity index (χ1v) is 5.84. The summed E-state index contributed by atoms with van der Waals surface area (Å²) < 4.78 is 17.7. The van der Waals surface area contributed by atoms with Crippen molar-refractivity contribution in [3.05, 3.63) is 29.8 Å². The smallest absolute Gasteiger partial charge is 0.121 e. The highest BCUT2D eigenvalue weighted by Crippen LogP contribution is 2.21. The van der Waals surface area contributed by atoms with Gasteiger partial charge in [-0.3, -0.25) is 0 Å². The molecule has 1 aromatic rings. The van der Waals surface area contributed by atoms with Gasteiger partial charge in [0.25, 0.3) is 0 Å². The summed E-state index contributed by atoms with van der Waals surface area (Å²) in [6.07, 6.45) is 0.886. The highest BCUT2D eigenvalue weighted by Gasteiger charge is 2.18. The van der Waals surface area contributed by atoms with Crippen LogP contribution in [0.2, 0.25) is 0 Å². The number of hydrogen-bond acceptors (Lipinski definition) is 4. The summed E-state index contributed by atoms with van der Waals surface area (Å²) in [4.78, 5) is 10.2. The minimum atomic E-state index is -0.663. The molecule has 0 saturated heterocycles. The lowest BCUT2D eigenvalue weighted by Crippen LogP contribution is -2.31. The lowest BCUT2D eigenvalue weighted by molar-refractivity contribution is -0.107. The fourth-order valence-electron chi connectivity index (χ4n) is 1.71. The molecule has 0 heterocycles. The highest BCUT2D eigenvalue weighted by atomic mass is 19.1.